The van der Waals surface area contributed by atoms with Crippen LogP contribution in [0, 0.1) is 5.82 Å². The Balaban J connectivity index is 2.96. The van der Waals surface area contributed by atoms with Crippen molar-refractivity contribution in [1.29, 1.82) is 0 Å². The second-order valence-electron chi connectivity index (χ2n) is 6.68. The van der Waals surface area contributed by atoms with E-state index in [-0.39, 0.29) is 34.1 Å². The van der Waals surface area contributed by atoms with Gasteiger partial charge in [-0.3, -0.25) is 0 Å². The van der Waals surface area contributed by atoms with E-state index in [9.17, 15) is 27.5 Å². The zero-order valence-electron chi connectivity index (χ0n) is 16.3. The lowest BCUT2D eigenvalue weighted by atomic mass is 9.90. The maximum atomic E-state index is 13.4. The molecule has 0 aliphatic rings. The van der Waals surface area contributed by atoms with Gasteiger partial charge in [-0.2, -0.15) is 0 Å². The van der Waals surface area contributed by atoms with E-state index >= 15 is 0 Å². The lowest BCUT2D eigenvalue weighted by molar-refractivity contribution is 0.0599. The van der Waals surface area contributed by atoms with Crippen LogP contribution in [0.2, 0.25) is 0 Å². The number of halogens is 1. The van der Waals surface area contributed by atoms with Crippen molar-refractivity contribution in [1.82, 2.24) is 4.98 Å². The molecule has 1 heterocycles. The maximum absolute atomic E-state index is 13.4. The average molecular weight is 424 g/mol. The standard InChI is InChI=1S/C19H21FN2O6S/c1-10(2)16-14(19(25)28-3)13(11-5-7-12(20)8-6-11)15(18(23)24)17(22-16)21-9-29(4,26)27/h5-8,10H,9H2,1-4H3,(H,21,22)(H,23,24). The molecule has 1 aromatic heterocycles. The van der Waals surface area contributed by atoms with Gasteiger partial charge in [-0.15, -0.1) is 0 Å². The predicted molar refractivity (Wildman–Crippen MR) is 105 cm³/mol. The van der Waals surface area contributed by atoms with E-state index in [0.29, 0.717) is 0 Å². The molecule has 0 unspecified atom stereocenters. The summed E-state index contributed by atoms with van der Waals surface area (Å²) in [5.41, 5.74) is -0.0476. The van der Waals surface area contributed by atoms with Crippen LogP contribution in [0.25, 0.3) is 11.1 Å². The van der Waals surface area contributed by atoms with E-state index in [0.717, 1.165) is 25.5 Å². The van der Waals surface area contributed by atoms with E-state index in [2.05, 4.69) is 10.3 Å². The summed E-state index contributed by atoms with van der Waals surface area (Å²) >= 11 is 0. The highest BCUT2D eigenvalue weighted by Crippen LogP contribution is 2.36. The summed E-state index contributed by atoms with van der Waals surface area (Å²) in [7, 11) is -2.35. The van der Waals surface area contributed by atoms with E-state index in [4.69, 9.17) is 4.74 Å². The molecule has 0 amide bonds. The Morgan fingerprint density at radius 1 is 1.21 bits per heavy atom. The fourth-order valence-electron chi connectivity index (χ4n) is 2.77. The zero-order chi connectivity index (χ0) is 21.9. The van der Waals surface area contributed by atoms with Gasteiger partial charge in [0.05, 0.1) is 18.4 Å². The predicted octanol–water partition coefficient (Wildman–Crippen LogP) is 2.91. The number of sulfone groups is 1. The second kappa shape index (κ2) is 8.56. The lowest BCUT2D eigenvalue weighted by Crippen LogP contribution is -2.21. The van der Waals surface area contributed by atoms with Crippen molar-refractivity contribution in [2.24, 2.45) is 0 Å². The summed E-state index contributed by atoms with van der Waals surface area (Å²) in [5, 5.41) is 12.4. The Hall–Kier alpha value is -3.01. The number of aromatic nitrogens is 1. The molecule has 1 aromatic carbocycles. The molecule has 0 saturated heterocycles. The van der Waals surface area contributed by atoms with Crippen molar-refractivity contribution in [3.63, 3.8) is 0 Å². The number of rotatable bonds is 7. The van der Waals surface area contributed by atoms with Crippen LogP contribution >= 0.6 is 0 Å². The highest BCUT2D eigenvalue weighted by molar-refractivity contribution is 7.90. The molecular weight excluding hydrogens is 403 g/mol. The number of hydrogen-bond acceptors (Lipinski definition) is 7. The number of pyridine rings is 1. The summed E-state index contributed by atoms with van der Waals surface area (Å²) in [6, 6.07) is 4.91. The van der Waals surface area contributed by atoms with Gasteiger partial charge in [-0.1, -0.05) is 26.0 Å². The average Bonchev–Trinajstić information content (AvgIpc) is 2.64. The molecule has 0 radical (unpaired) electrons. The zero-order valence-corrected chi connectivity index (χ0v) is 17.1. The first kappa shape index (κ1) is 22.3. The van der Waals surface area contributed by atoms with Gasteiger partial charge in [-0.05, 0) is 23.6 Å². The van der Waals surface area contributed by atoms with Crippen LogP contribution in [0.5, 0.6) is 0 Å². The fraction of sp³-hybridized carbons (Fsp3) is 0.316. The Bertz CT molecular complexity index is 1050. The van der Waals surface area contributed by atoms with E-state index in [1.165, 1.54) is 12.1 Å². The van der Waals surface area contributed by atoms with Crippen LogP contribution in [0.1, 0.15) is 46.2 Å². The quantitative estimate of drug-likeness (QED) is 0.651. The van der Waals surface area contributed by atoms with E-state index < -0.39 is 39.0 Å². The Kier molecular flexibility index (Phi) is 6.58. The van der Waals surface area contributed by atoms with Gasteiger partial charge in [0.15, 0.2) is 9.84 Å². The van der Waals surface area contributed by atoms with Crippen molar-refractivity contribution in [2.75, 3.05) is 24.6 Å². The molecule has 10 heteroatoms. The maximum Gasteiger partial charge on any atom is 0.340 e. The van der Waals surface area contributed by atoms with Gasteiger partial charge in [0, 0.05) is 11.8 Å². The minimum Gasteiger partial charge on any atom is -0.478 e. The van der Waals surface area contributed by atoms with Crippen molar-refractivity contribution >= 4 is 27.6 Å². The van der Waals surface area contributed by atoms with Gasteiger partial charge in [0.1, 0.15) is 23.1 Å². The van der Waals surface area contributed by atoms with Crippen molar-refractivity contribution < 1.29 is 32.2 Å². The lowest BCUT2D eigenvalue weighted by Gasteiger charge is -2.20. The first-order valence-corrected chi connectivity index (χ1v) is 10.6. The summed E-state index contributed by atoms with van der Waals surface area (Å²) < 4.78 is 41.4. The van der Waals surface area contributed by atoms with Crippen LogP contribution in [0.15, 0.2) is 24.3 Å². The summed E-state index contributed by atoms with van der Waals surface area (Å²) in [5.74, 6) is -3.88. The fourth-order valence-corrected chi connectivity index (χ4v) is 3.17. The number of benzene rings is 1. The van der Waals surface area contributed by atoms with Gasteiger partial charge in [0.2, 0.25) is 0 Å². The first-order valence-electron chi connectivity index (χ1n) is 8.53. The van der Waals surface area contributed by atoms with E-state index in [1.807, 2.05) is 0 Å². The molecule has 29 heavy (non-hydrogen) atoms. The summed E-state index contributed by atoms with van der Waals surface area (Å²) in [4.78, 5) is 28.9. The number of nitrogens with zero attached hydrogens (tertiary/aromatic N) is 1. The number of carboxylic acids is 1. The third-order valence-corrected chi connectivity index (χ3v) is 4.68. The van der Waals surface area contributed by atoms with Gasteiger partial charge >= 0.3 is 11.9 Å². The van der Waals surface area contributed by atoms with Gasteiger partial charge in [0.25, 0.3) is 0 Å². The van der Waals surface area contributed by atoms with Gasteiger partial charge < -0.3 is 15.2 Å². The number of ether oxygens (including phenoxy) is 1. The van der Waals surface area contributed by atoms with Crippen LogP contribution in [0.3, 0.4) is 0 Å². The number of carboxylic acid groups (broad SMARTS) is 1. The number of aromatic carboxylic acids is 1. The molecule has 2 rings (SSSR count). The minimum atomic E-state index is -3.50. The first-order chi connectivity index (χ1) is 13.5. The molecule has 156 valence electrons. The van der Waals surface area contributed by atoms with Crippen molar-refractivity contribution in [2.45, 2.75) is 19.8 Å². The smallest absolute Gasteiger partial charge is 0.340 e. The van der Waals surface area contributed by atoms with Crippen molar-refractivity contribution in [3.8, 4) is 11.1 Å². The molecule has 2 aromatic rings. The number of hydrogen-bond donors (Lipinski definition) is 2. The SMILES string of the molecule is COC(=O)c1c(C(C)C)nc(NCS(C)(=O)=O)c(C(=O)O)c1-c1ccc(F)cc1. The number of anilines is 1. The molecule has 0 bridgehead atoms. The van der Waals surface area contributed by atoms with Crippen molar-refractivity contribution in [3.05, 3.63) is 46.9 Å². The van der Waals surface area contributed by atoms with Crippen LogP contribution in [0.4, 0.5) is 10.2 Å². The highest BCUT2D eigenvalue weighted by atomic mass is 32.2. The summed E-state index contributed by atoms with van der Waals surface area (Å²) in [6.07, 6.45) is 0.980. The molecule has 2 N–H and O–H groups in total. The monoisotopic (exact) mass is 424 g/mol. The van der Waals surface area contributed by atoms with Crippen LogP contribution in [-0.4, -0.2) is 49.7 Å². The second-order valence-corrected chi connectivity index (χ2v) is 8.82. The normalized spacial score (nSPS) is 11.4. The Labute approximate surface area is 167 Å². The Morgan fingerprint density at radius 3 is 2.24 bits per heavy atom. The molecule has 0 aliphatic carbocycles. The Morgan fingerprint density at radius 2 is 1.79 bits per heavy atom. The molecule has 8 nitrogen and oxygen atoms in total. The molecular formula is C19H21FN2O6S. The molecule has 0 saturated carbocycles. The van der Waals surface area contributed by atoms with Gasteiger partial charge in [-0.25, -0.2) is 27.4 Å². The van der Waals surface area contributed by atoms with Crippen LogP contribution in [-0.2, 0) is 14.6 Å². The minimum absolute atomic E-state index is 0.0287. The molecule has 0 spiro atoms. The summed E-state index contributed by atoms with van der Waals surface area (Å²) in [6.45, 7) is 3.48. The largest absolute Gasteiger partial charge is 0.478 e. The topological polar surface area (TPSA) is 123 Å². The third kappa shape index (κ3) is 5.08. The number of nitrogens with one attached hydrogen (secondary N) is 1. The molecule has 0 fully saturated rings. The van der Waals surface area contributed by atoms with E-state index in [1.54, 1.807) is 13.8 Å². The molecule has 0 aliphatic heterocycles. The number of carbonyl (C=O) groups is 2. The van der Waals surface area contributed by atoms with Crippen LogP contribution < -0.4 is 5.32 Å². The number of esters is 1. The number of methoxy groups -OCH3 is 1. The third-order valence-electron chi connectivity index (χ3n) is 4.01. The number of carbonyl (C=O) groups excluding carboxylic acids is 1. The highest BCUT2D eigenvalue weighted by Gasteiger charge is 2.30. The molecule has 0 atom stereocenters.